The first-order chi connectivity index (χ1) is 10.1. The van der Waals surface area contributed by atoms with Crippen molar-refractivity contribution in [1.82, 2.24) is 0 Å². The highest BCUT2D eigenvalue weighted by Gasteiger charge is 2.08. The maximum Gasteiger partial charge on any atom is 0.328 e. The summed E-state index contributed by atoms with van der Waals surface area (Å²) in [6, 6.07) is 4.42. The Morgan fingerprint density at radius 3 is 2.38 bits per heavy atom. The van der Waals surface area contributed by atoms with Crippen molar-refractivity contribution in [2.45, 2.75) is 0 Å². The molecule has 0 aliphatic rings. The number of halogens is 1. The molecule has 21 heavy (non-hydrogen) atoms. The van der Waals surface area contributed by atoms with Gasteiger partial charge in [-0.05, 0) is 29.8 Å². The SMILES string of the molecule is COCCN(CCOC)c1cc(F)cc(/C=C/C(=O)O)c1. The van der Waals surface area contributed by atoms with Gasteiger partial charge >= 0.3 is 5.97 Å². The van der Waals surface area contributed by atoms with Gasteiger partial charge in [0.15, 0.2) is 0 Å². The van der Waals surface area contributed by atoms with Crippen molar-refractivity contribution in [3.05, 3.63) is 35.7 Å². The number of hydrogen-bond donors (Lipinski definition) is 1. The summed E-state index contributed by atoms with van der Waals surface area (Å²) < 4.78 is 23.8. The van der Waals surface area contributed by atoms with Crippen molar-refractivity contribution in [3.8, 4) is 0 Å². The number of aliphatic carboxylic acids is 1. The summed E-state index contributed by atoms with van der Waals surface area (Å²) in [7, 11) is 3.20. The van der Waals surface area contributed by atoms with Gasteiger partial charge in [-0.1, -0.05) is 0 Å². The molecule has 0 aliphatic heterocycles. The minimum absolute atomic E-state index is 0.419. The predicted molar refractivity (Wildman–Crippen MR) is 79.0 cm³/mol. The highest BCUT2D eigenvalue weighted by atomic mass is 19.1. The number of ether oxygens (including phenoxy) is 2. The summed E-state index contributed by atoms with van der Waals surface area (Å²) >= 11 is 0. The van der Waals surface area contributed by atoms with Crippen LogP contribution in [0.15, 0.2) is 24.3 Å². The van der Waals surface area contributed by atoms with E-state index in [1.807, 2.05) is 4.90 Å². The maximum atomic E-state index is 13.7. The number of rotatable bonds is 9. The first-order valence-electron chi connectivity index (χ1n) is 6.51. The standard InChI is InChI=1S/C15H20FNO4/c1-20-7-5-17(6-8-21-2)14-10-12(3-4-15(18)19)9-13(16)11-14/h3-4,9-11H,5-8H2,1-2H3,(H,18,19)/b4-3+. The van der Waals surface area contributed by atoms with Crippen LogP contribution in [0, 0.1) is 5.82 Å². The average molecular weight is 297 g/mol. The van der Waals surface area contributed by atoms with Gasteiger partial charge in [-0.3, -0.25) is 0 Å². The Bertz CT molecular complexity index is 483. The van der Waals surface area contributed by atoms with Crippen LogP contribution in [0.1, 0.15) is 5.56 Å². The molecule has 0 spiro atoms. The second kappa shape index (κ2) is 9.10. The van der Waals surface area contributed by atoms with E-state index in [2.05, 4.69) is 0 Å². The quantitative estimate of drug-likeness (QED) is 0.707. The molecule has 1 aromatic rings. The van der Waals surface area contributed by atoms with Gasteiger partial charge in [0.05, 0.1) is 13.2 Å². The van der Waals surface area contributed by atoms with Crippen LogP contribution in [0.4, 0.5) is 10.1 Å². The van der Waals surface area contributed by atoms with Gasteiger partial charge in [-0.25, -0.2) is 9.18 Å². The number of benzene rings is 1. The van der Waals surface area contributed by atoms with E-state index in [9.17, 15) is 9.18 Å². The Labute approximate surface area is 123 Å². The van der Waals surface area contributed by atoms with E-state index >= 15 is 0 Å². The zero-order valence-electron chi connectivity index (χ0n) is 12.2. The van der Waals surface area contributed by atoms with E-state index in [-0.39, 0.29) is 0 Å². The molecule has 5 nitrogen and oxygen atoms in total. The summed E-state index contributed by atoms with van der Waals surface area (Å²) in [6.07, 6.45) is 2.34. The molecule has 0 bridgehead atoms. The Kier molecular flexibility index (Phi) is 7.42. The van der Waals surface area contributed by atoms with E-state index in [0.29, 0.717) is 37.6 Å². The number of carbonyl (C=O) groups is 1. The van der Waals surface area contributed by atoms with Gasteiger partial charge in [0.2, 0.25) is 0 Å². The van der Waals surface area contributed by atoms with Gasteiger partial charge in [0.1, 0.15) is 5.82 Å². The van der Waals surface area contributed by atoms with Crippen LogP contribution in [0.25, 0.3) is 6.08 Å². The van der Waals surface area contributed by atoms with Gasteiger partial charge in [-0.15, -0.1) is 0 Å². The smallest absolute Gasteiger partial charge is 0.328 e. The number of anilines is 1. The Morgan fingerprint density at radius 1 is 1.24 bits per heavy atom. The fraction of sp³-hybridized carbons (Fsp3) is 0.400. The van der Waals surface area contributed by atoms with E-state index in [1.165, 1.54) is 18.2 Å². The largest absolute Gasteiger partial charge is 0.478 e. The Hall–Kier alpha value is -1.92. The molecule has 0 amide bonds. The fourth-order valence-electron chi connectivity index (χ4n) is 1.82. The van der Waals surface area contributed by atoms with Crippen molar-refractivity contribution in [1.29, 1.82) is 0 Å². The van der Waals surface area contributed by atoms with Crippen molar-refractivity contribution in [3.63, 3.8) is 0 Å². The zero-order valence-corrected chi connectivity index (χ0v) is 12.2. The minimum Gasteiger partial charge on any atom is -0.478 e. The molecule has 1 aromatic carbocycles. The summed E-state index contributed by atoms with van der Waals surface area (Å²) in [5.41, 5.74) is 1.15. The predicted octanol–water partition coefficient (Wildman–Crippen LogP) is 2.02. The molecule has 0 atom stereocenters. The second-order valence-corrected chi connectivity index (χ2v) is 4.39. The van der Waals surface area contributed by atoms with Crippen LogP contribution >= 0.6 is 0 Å². The normalized spacial score (nSPS) is 11.0. The molecule has 6 heteroatoms. The second-order valence-electron chi connectivity index (χ2n) is 4.39. The number of hydrogen-bond acceptors (Lipinski definition) is 4. The van der Waals surface area contributed by atoms with Gasteiger partial charge < -0.3 is 19.5 Å². The first-order valence-corrected chi connectivity index (χ1v) is 6.51. The lowest BCUT2D eigenvalue weighted by Crippen LogP contribution is -2.30. The molecule has 0 fully saturated rings. The van der Waals surface area contributed by atoms with Crippen LogP contribution < -0.4 is 4.90 Å². The molecule has 0 aliphatic carbocycles. The molecule has 0 radical (unpaired) electrons. The van der Waals surface area contributed by atoms with Crippen molar-refractivity contribution in [2.24, 2.45) is 0 Å². The first kappa shape index (κ1) is 17.1. The van der Waals surface area contributed by atoms with E-state index < -0.39 is 11.8 Å². The topological polar surface area (TPSA) is 59.0 Å². The van der Waals surface area contributed by atoms with Gasteiger partial charge in [0.25, 0.3) is 0 Å². The van der Waals surface area contributed by atoms with E-state index in [0.717, 1.165) is 6.08 Å². The lowest BCUT2D eigenvalue weighted by atomic mass is 10.1. The molecule has 0 heterocycles. The molecule has 1 N–H and O–H groups in total. The zero-order chi connectivity index (χ0) is 15.7. The average Bonchev–Trinajstić information content (AvgIpc) is 2.44. The molecular weight excluding hydrogens is 277 g/mol. The monoisotopic (exact) mass is 297 g/mol. The van der Waals surface area contributed by atoms with Crippen molar-refractivity contribution < 1.29 is 23.8 Å². The molecule has 116 valence electrons. The van der Waals surface area contributed by atoms with Crippen LogP contribution in [0.3, 0.4) is 0 Å². The molecule has 0 unspecified atom stereocenters. The van der Waals surface area contributed by atoms with E-state index in [1.54, 1.807) is 20.3 Å². The van der Waals surface area contributed by atoms with Crippen LogP contribution in [0.2, 0.25) is 0 Å². The minimum atomic E-state index is -1.07. The highest BCUT2D eigenvalue weighted by molar-refractivity contribution is 5.85. The third-order valence-corrected chi connectivity index (χ3v) is 2.82. The van der Waals surface area contributed by atoms with Crippen LogP contribution in [-0.2, 0) is 14.3 Å². The fourth-order valence-corrected chi connectivity index (χ4v) is 1.82. The number of nitrogens with zero attached hydrogens (tertiary/aromatic N) is 1. The van der Waals surface area contributed by atoms with Crippen LogP contribution in [0.5, 0.6) is 0 Å². The lowest BCUT2D eigenvalue weighted by Gasteiger charge is -2.24. The molecule has 0 aromatic heterocycles. The van der Waals surface area contributed by atoms with Crippen molar-refractivity contribution >= 4 is 17.7 Å². The Morgan fingerprint density at radius 2 is 1.86 bits per heavy atom. The molecular formula is C15H20FNO4. The number of methoxy groups -OCH3 is 2. The molecule has 0 saturated heterocycles. The van der Waals surface area contributed by atoms with Crippen molar-refractivity contribution in [2.75, 3.05) is 45.4 Å². The van der Waals surface area contributed by atoms with Gasteiger partial charge in [0, 0.05) is 39.1 Å². The summed E-state index contributed by atoms with van der Waals surface area (Å²) in [5, 5.41) is 8.63. The summed E-state index contributed by atoms with van der Waals surface area (Å²) in [6.45, 7) is 2.18. The number of carboxylic acids is 1. The number of carboxylic acid groups (broad SMARTS) is 1. The summed E-state index contributed by atoms with van der Waals surface area (Å²) in [4.78, 5) is 12.5. The van der Waals surface area contributed by atoms with Gasteiger partial charge in [-0.2, -0.15) is 0 Å². The Balaban J connectivity index is 2.97. The highest BCUT2D eigenvalue weighted by Crippen LogP contribution is 2.19. The molecule has 0 saturated carbocycles. The van der Waals surface area contributed by atoms with Crippen LogP contribution in [-0.4, -0.2) is 51.6 Å². The third-order valence-electron chi connectivity index (χ3n) is 2.82. The molecule has 1 rings (SSSR count). The van der Waals surface area contributed by atoms with E-state index in [4.69, 9.17) is 14.6 Å². The third kappa shape index (κ3) is 6.37. The maximum absolute atomic E-state index is 13.7. The summed E-state index contributed by atoms with van der Waals surface area (Å²) in [5.74, 6) is -1.49. The lowest BCUT2D eigenvalue weighted by molar-refractivity contribution is -0.131.